The minimum absolute atomic E-state index is 0.123. The van der Waals surface area contributed by atoms with Gasteiger partial charge in [0.15, 0.2) is 6.10 Å². The molecule has 0 heterocycles. The predicted octanol–water partition coefficient (Wildman–Crippen LogP) is 17.8. The first kappa shape index (κ1) is 63.0. The Kier molecular flexibility index (Phi) is 50.6. The van der Waals surface area contributed by atoms with Gasteiger partial charge in [0.1, 0.15) is 13.2 Å². The van der Waals surface area contributed by atoms with Gasteiger partial charge in [-0.25, -0.2) is 0 Å². The molecular weight excluding hydrogens is 841 g/mol. The molecule has 0 saturated heterocycles. The summed E-state index contributed by atoms with van der Waals surface area (Å²) in [4.78, 5) is 38.1. The normalized spacial score (nSPS) is 13.4. The third kappa shape index (κ3) is 52.0. The van der Waals surface area contributed by atoms with E-state index in [9.17, 15) is 14.4 Å². The van der Waals surface area contributed by atoms with Crippen LogP contribution in [0.25, 0.3) is 0 Å². The van der Waals surface area contributed by atoms with Crippen LogP contribution in [0, 0.1) is 0 Å². The second-order valence-electron chi connectivity index (χ2n) is 16.8. The summed E-state index contributed by atoms with van der Waals surface area (Å²) in [5.41, 5.74) is 0. The molecule has 0 aliphatic carbocycles. The van der Waals surface area contributed by atoms with Crippen LogP contribution in [0.3, 0.4) is 0 Å². The topological polar surface area (TPSA) is 78.9 Å². The number of hydrogen-bond donors (Lipinski definition) is 0. The molecule has 0 fully saturated rings. The molecule has 68 heavy (non-hydrogen) atoms. The molecule has 0 bridgehead atoms. The van der Waals surface area contributed by atoms with Gasteiger partial charge in [0.25, 0.3) is 0 Å². The molecule has 0 radical (unpaired) electrons. The van der Waals surface area contributed by atoms with Gasteiger partial charge in [0.2, 0.25) is 0 Å². The van der Waals surface area contributed by atoms with Crippen molar-refractivity contribution < 1.29 is 28.6 Å². The molecule has 0 amide bonds. The fraction of sp³-hybridized carbons (Fsp3) is 0.532. The first-order valence-electron chi connectivity index (χ1n) is 26.6. The Bertz CT molecular complexity index is 1590. The van der Waals surface area contributed by atoms with E-state index in [-0.39, 0.29) is 37.5 Å². The van der Waals surface area contributed by atoms with Crippen LogP contribution in [-0.2, 0) is 28.6 Å². The number of allylic oxidation sites excluding steroid dienone is 26. The van der Waals surface area contributed by atoms with E-state index in [1.165, 1.54) is 6.42 Å². The summed E-state index contributed by atoms with van der Waals surface area (Å²) in [6.07, 6.45) is 79.3. The maximum Gasteiger partial charge on any atom is 0.306 e. The Labute approximate surface area is 416 Å². The number of ether oxygens (including phenoxy) is 3. The molecule has 0 aromatic carbocycles. The highest BCUT2D eigenvalue weighted by molar-refractivity contribution is 5.71. The van der Waals surface area contributed by atoms with Crippen LogP contribution in [-0.4, -0.2) is 37.2 Å². The summed E-state index contributed by atoms with van der Waals surface area (Å²) in [5.74, 6) is -1.02. The van der Waals surface area contributed by atoms with Crippen LogP contribution in [0.2, 0.25) is 0 Å². The van der Waals surface area contributed by atoms with Gasteiger partial charge in [-0.15, -0.1) is 0 Å². The highest BCUT2D eigenvalue weighted by Gasteiger charge is 2.19. The summed E-state index contributed by atoms with van der Waals surface area (Å²) in [5, 5.41) is 0. The number of unbranched alkanes of at least 4 members (excludes halogenated alkanes) is 12. The molecule has 0 N–H and O–H groups in total. The van der Waals surface area contributed by atoms with Gasteiger partial charge < -0.3 is 14.2 Å². The second-order valence-corrected chi connectivity index (χ2v) is 16.8. The third-order valence-electron chi connectivity index (χ3n) is 10.4. The minimum atomic E-state index is -0.827. The van der Waals surface area contributed by atoms with E-state index in [4.69, 9.17) is 14.2 Å². The van der Waals surface area contributed by atoms with Gasteiger partial charge in [-0.05, 0) is 116 Å². The lowest BCUT2D eigenvalue weighted by Gasteiger charge is -2.18. The van der Waals surface area contributed by atoms with Crippen LogP contribution in [0.5, 0.6) is 0 Å². The average Bonchev–Trinajstić information content (AvgIpc) is 3.34. The number of hydrogen-bond acceptors (Lipinski definition) is 6. The molecule has 0 aliphatic rings. The minimum Gasteiger partial charge on any atom is -0.462 e. The molecule has 0 rings (SSSR count). The Hall–Kier alpha value is -4.97. The summed E-state index contributed by atoms with van der Waals surface area (Å²) >= 11 is 0. The van der Waals surface area contributed by atoms with Crippen LogP contribution < -0.4 is 0 Å². The smallest absolute Gasteiger partial charge is 0.306 e. The molecule has 1 unspecified atom stereocenters. The average molecular weight is 935 g/mol. The standard InChI is InChI=1S/C62H94O6/c1-4-7-10-13-16-19-22-25-28-31-32-35-37-40-43-46-49-52-55-61(64)67-58-59(68-62(65)56-53-50-47-44-41-38-34-30-27-24-21-18-15-12-9-6-3)57-66-60(63)54-51-48-45-42-39-36-33-29-26-23-20-17-14-11-8-5-2/h8-13,16-22,25-32,35-36,38-39,41,59H,4-7,14-15,23-24,33-34,37,40,42-58H2,1-3H3/b11-8-,12-9-,13-10-,19-16-,20-17-,21-18-,25-22-,29-26-,30-27-,31-28-,35-32-,39-36-,41-38-. The first-order chi connectivity index (χ1) is 33.5. The van der Waals surface area contributed by atoms with Crippen molar-refractivity contribution in [3.63, 3.8) is 0 Å². The summed E-state index contributed by atoms with van der Waals surface area (Å²) < 4.78 is 16.8. The zero-order valence-corrected chi connectivity index (χ0v) is 43.0. The van der Waals surface area contributed by atoms with Crippen molar-refractivity contribution in [2.45, 2.75) is 200 Å². The molecule has 0 spiro atoms. The second kappa shape index (κ2) is 54.6. The van der Waals surface area contributed by atoms with Crippen LogP contribution in [0.15, 0.2) is 158 Å². The molecule has 378 valence electrons. The van der Waals surface area contributed by atoms with Gasteiger partial charge in [-0.3, -0.25) is 14.4 Å². The number of rotatable bonds is 45. The molecular formula is C62H94O6. The Morgan fingerprint density at radius 1 is 0.324 bits per heavy atom. The number of carbonyl (C=O) groups excluding carboxylic acids is 3. The zero-order valence-electron chi connectivity index (χ0n) is 43.0. The molecule has 6 heteroatoms. The monoisotopic (exact) mass is 935 g/mol. The molecule has 0 aromatic rings. The van der Waals surface area contributed by atoms with Gasteiger partial charge >= 0.3 is 17.9 Å². The summed E-state index contributed by atoms with van der Waals surface area (Å²) in [6, 6.07) is 0. The van der Waals surface area contributed by atoms with Crippen molar-refractivity contribution in [2.24, 2.45) is 0 Å². The summed E-state index contributed by atoms with van der Waals surface area (Å²) in [7, 11) is 0. The van der Waals surface area contributed by atoms with Crippen molar-refractivity contribution in [1.29, 1.82) is 0 Å². The van der Waals surface area contributed by atoms with Crippen molar-refractivity contribution in [3.05, 3.63) is 158 Å². The van der Waals surface area contributed by atoms with E-state index in [0.717, 1.165) is 141 Å². The SMILES string of the molecule is CC/C=C\C/C=C\C/C=C\C/C=C\CCCCCC(=O)OCC(COC(=O)CCCCCCC\C=C/C=C\C=C/C=C\C=C/CCC)OC(=O)CCCCC/C=C\C/C=C\C/C=C\C/C=C\CC. The van der Waals surface area contributed by atoms with Crippen molar-refractivity contribution in [1.82, 2.24) is 0 Å². The lowest BCUT2D eigenvalue weighted by molar-refractivity contribution is -0.167. The first-order valence-corrected chi connectivity index (χ1v) is 26.6. The fourth-order valence-corrected chi connectivity index (χ4v) is 6.45. The Morgan fingerprint density at radius 3 is 1.04 bits per heavy atom. The number of esters is 3. The molecule has 0 aromatic heterocycles. The van der Waals surface area contributed by atoms with Crippen molar-refractivity contribution >= 4 is 17.9 Å². The lowest BCUT2D eigenvalue weighted by atomic mass is 10.1. The highest BCUT2D eigenvalue weighted by atomic mass is 16.6. The van der Waals surface area contributed by atoms with E-state index in [2.05, 4.69) is 142 Å². The zero-order chi connectivity index (χ0) is 49.3. The Morgan fingerprint density at radius 2 is 0.632 bits per heavy atom. The van der Waals surface area contributed by atoms with Gasteiger partial charge in [0.05, 0.1) is 0 Å². The maximum atomic E-state index is 12.8. The number of carbonyl (C=O) groups is 3. The largest absolute Gasteiger partial charge is 0.462 e. The van der Waals surface area contributed by atoms with Crippen molar-refractivity contribution in [3.8, 4) is 0 Å². The van der Waals surface area contributed by atoms with Crippen molar-refractivity contribution in [2.75, 3.05) is 13.2 Å². The van der Waals surface area contributed by atoms with E-state index in [0.29, 0.717) is 19.3 Å². The van der Waals surface area contributed by atoms with E-state index in [1.807, 2.05) is 36.5 Å². The van der Waals surface area contributed by atoms with Gasteiger partial charge in [-0.1, -0.05) is 217 Å². The third-order valence-corrected chi connectivity index (χ3v) is 10.4. The molecule has 0 aliphatic heterocycles. The summed E-state index contributed by atoms with van der Waals surface area (Å²) in [6.45, 7) is 6.22. The molecule has 6 nitrogen and oxygen atoms in total. The fourth-order valence-electron chi connectivity index (χ4n) is 6.45. The van der Waals surface area contributed by atoms with Crippen LogP contribution in [0.1, 0.15) is 194 Å². The van der Waals surface area contributed by atoms with Gasteiger partial charge in [-0.2, -0.15) is 0 Å². The van der Waals surface area contributed by atoms with E-state index in [1.54, 1.807) is 0 Å². The predicted molar refractivity (Wildman–Crippen MR) is 292 cm³/mol. The quantitative estimate of drug-likeness (QED) is 0.0199. The lowest BCUT2D eigenvalue weighted by Crippen LogP contribution is -2.30. The Balaban J connectivity index is 4.60. The maximum absolute atomic E-state index is 12.8. The van der Waals surface area contributed by atoms with Crippen LogP contribution >= 0.6 is 0 Å². The molecule has 0 saturated carbocycles. The van der Waals surface area contributed by atoms with Crippen LogP contribution in [0.4, 0.5) is 0 Å². The molecule has 1 atom stereocenters. The van der Waals surface area contributed by atoms with E-state index < -0.39 is 6.10 Å². The van der Waals surface area contributed by atoms with Gasteiger partial charge in [0, 0.05) is 19.3 Å². The van der Waals surface area contributed by atoms with E-state index >= 15 is 0 Å². The highest BCUT2D eigenvalue weighted by Crippen LogP contribution is 2.12.